The van der Waals surface area contributed by atoms with Crippen LogP contribution in [0, 0.1) is 5.82 Å². The van der Waals surface area contributed by atoms with Gasteiger partial charge in [-0.2, -0.15) is 5.10 Å². The largest absolute Gasteiger partial charge is 0.324 e. The van der Waals surface area contributed by atoms with Gasteiger partial charge in [0.2, 0.25) is 0 Å². The highest BCUT2D eigenvalue weighted by atomic mass is 35.5. The first-order valence-corrected chi connectivity index (χ1v) is 7.68. The zero-order valence-electron chi connectivity index (χ0n) is 12.0. The van der Waals surface area contributed by atoms with E-state index in [0.717, 1.165) is 29.9 Å². The SMILES string of the molecule is CCc1nn(CC)c(CC(N)c2ccc(F)c(Cl)c2)c1Cl. The molecule has 1 unspecified atom stereocenters. The van der Waals surface area contributed by atoms with Gasteiger partial charge in [-0.05, 0) is 31.0 Å². The molecule has 2 rings (SSSR count). The molecule has 114 valence electrons. The summed E-state index contributed by atoms with van der Waals surface area (Å²) in [6, 6.07) is 4.22. The molecule has 0 amide bonds. The lowest BCUT2D eigenvalue weighted by Gasteiger charge is -2.14. The lowest BCUT2D eigenvalue weighted by Crippen LogP contribution is -2.16. The predicted octanol–water partition coefficient (Wildman–Crippen LogP) is 4.15. The van der Waals surface area contributed by atoms with E-state index in [4.69, 9.17) is 28.9 Å². The van der Waals surface area contributed by atoms with Crippen molar-refractivity contribution in [2.24, 2.45) is 5.73 Å². The van der Waals surface area contributed by atoms with E-state index < -0.39 is 5.82 Å². The Hall–Kier alpha value is -1.10. The van der Waals surface area contributed by atoms with E-state index in [0.29, 0.717) is 11.4 Å². The molecule has 1 aromatic carbocycles. The maximum absolute atomic E-state index is 13.2. The van der Waals surface area contributed by atoms with Gasteiger partial charge in [-0.15, -0.1) is 0 Å². The van der Waals surface area contributed by atoms with Gasteiger partial charge in [-0.25, -0.2) is 4.39 Å². The van der Waals surface area contributed by atoms with E-state index in [1.165, 1.54) is 6.07 Å². The molecule has 21 heavy (non-hydrogen) atoms. The summed E-state index contributed by atoms with van der Waals surface area (Å²) >= 11 is 12.2. The van der Waals surface area contributed by atoms with Crippen LogP contribution in [0.2, 0.25) is 10.0 Å². The smallest absolute Gasteiger partial charge is 0.141 e. The second kappa shape index (κ2) is 6.77. The predicted molar refractivity (Wildman–Crippen MR) is 84.3 cm³/mol. The van der Waals surface area contributed by atoms with E-state index >= 15 is 0 Å². The summed E-state index contributed by atoms with van der Waals surface area (Å²) in [6.07, 6.45) is 1.30. The highest BCUT2D eigenvalue weighted by Crippen LogP contribution is 2.27. The minimum Gasteiger partial charge on any atom is -0.324 e. The van der Waals surface area contributed by atoms with Crippen LogP contribution in [0.3, 0.4) is 0 Å². The molecule has 6 heteroatoms. The zero-order valence-corrected chi connectivity index (χ0v) is 13.5. The Morgan fingerprint density at radius 2 is 2.05 bits per heavy atom. The maximum Gasteiger partial charge on any atom is 0.141 e. The first-order chi connectivity index (χ1) is 9.97. The van der Waals surface area contributed by atoms with Gasteiger partial charge in [-0.1, -0.05) is 36.2 Å². The van der Waals surface area contributed by atoms with Gasteiger partial charge in [0, 0.05) is 19.0 Å². The summed E-state index contributed by atoms with van der Waals surface area (Å²) < 4.78 is 15.1. The lowest BCUT2D eigenvalue weighted by molar-refractivity contribution is 0.584. The quantitative estimate of drug-likeness (QED) is 0.895. The Morgan fingerprint density at radius 1 is 1.33 bits per heavy atom. The van der Waals surface area contributed by atoms with Gasteiger partial charge >= 0.3 is 0 Å². The molecule has 3 nitrogen and oxygen atoms in total. The summed E-state index contributed by atoms with van der Waals surface area (Å²) in [5.74, 6) is -0.447. The van der Waals surface area contributed by atoms with Crippen LogP contribution in [0.25, 0.3) is 0 Å². The molecule has 0 saturated carbocycles. The van der Waals surface area contributed by atoms with Crippen molar-refractivity contribution in [1.82, 2.24) is 9.78 Å². The fourth-order valence-electron chi connectivity index (χ4n) is 2.28. The molecule has 0 radical (unpaired) electrons. The van der Waals surface area contributed by atoms with Gasteiger partial charge in [0.05, 0.1) is 21.4 Å². The molecule has 0 saturated heterocycles. The molecule has 0 fully saturated rings. The third-order valence-electron chi connectivity index (χ3n) is 3.48. The fourth-order valence-corrected chi connectivity index (χ4v) is 2.82. The molecule has 0 bridgehead atoms. The molecular weight excluding hydrogens is 312 g/mol. The lowest BCUT2D eigenvalue weighted by atomic mass is 10.0. The number of hydrogen-bond donors (Lipinski definition) is 1. The molecule has 1 heterocycles. The Bertz CT molecular complexity index is 640. The van der Waals surface area contributed by atoms with E-state index in [1.807, 2.05) is 18.5 Å². The van der Waals surface area contributed by atoms with Crippen molar-refractivity contribution < 1.29 is 4.39 Å². The maximum atomic E-state index is 13.2. The van der Waals surface area contributed by atoms with Gasteiger partial charge in [0.25, 0.3) is 0 Å². The Balaban J connectivity index is 2.28. The van der Waals surface area contributed by atoms with Crippen molar-refractivity contribution in [3.8, 4) is 0 Å². The van der Waals surface area contributed by atoms with Crippen LogP contribution in [0.15, 0.2) is 18.2 Å². The number of nitrogens with two attached hydrogens (primary N) is 1. The van der Waals surface area contributed by atoms with Crippen molar-refractivity contribution in [2.75, 3.05) is 0 Å². The first-order valence-electron chi connectivity index (χ1n) is 6.92. The van der Waals surface area contributed by atoms with E-state index in [1.54, 1.807) is 12.1 Å². The van der Waals surface area contributed by atoms with Gasteiger partial charge < -0.3 is 5.73 Å². The summed E-state index contributed by atoms with van der Waals surface area (Å²) in [4.78, 5) is 0. The summed E-state index contributed by atoms with van der Waals surface area (Å²) in [5.41, 5.74) is 8.76. The molecule has 0 spiro atoms. The molecule has 1 atom stereocenters. The minimum atomic E-state index is -0.447. The number of hydrogen-bond acceptors (Lipinski definition) is 2. The van der Waals surface area contributed by atoms with E-state index in [2.05, 4.69) is 5.10 Å². The van der Waals surface area contributed by atoms with E-state index in [9.17, 15) is 4.39 Å². The van der Waals surface area contributed by atoms with Crippen LogP contribution in [0.4, 0.5) is 4.39 Å². The topological polar surface area (TPSA) is 43.8 Å². The zero-order chi connectivity index (χ0) is 15.6. The Labute approximate surface area is 133 Å². The highest BCUT2D eigenvalue weighted by Gasteiger charge is 2.18. The third-order valence-corrected chi connectivity index (χ3v) is 4.21. The third kappa shape index (κ3) is 3.39. The number of aromatic nitrogens is 2. The molecular formula is C15H18Cl2FN3. The van der Waals surface area contributed by atoms with Crippen LogP contribution in [-0.2, 0) is 19.4 Å². The Morgan fingerprint density at radius 3 is 2.62 bits per heavy atom. The number of rotatable bonds is 5. The molecule has 0 aliphatic heterocycles. The fraction of sp³-hybridized carbons (Fsp3) is 0.400. The number of nitrogens with zero attached hydrogens (tertiary/aromatic N) is 2. The van der Waals surface area contributed by atoms with Crippen LogP contribution >= 0.6 is 23.2 Å². The molecule has 1 aromatic heterocycles. The second-order valence-corrected chi connectivity index (χ2v) is 5.65. The number of aryl methyl sites for hydroxylation is 2. The summed E-state index contributed by atoms with van der Waals surface area (Å²) in [5, 5.41) is 5.21. The monoisotopic (exact) mass is 329 g/mol. The first kappa shape index (κ1) is 16.3. The van der Waals surface area contributed by atoms with Crippen LogP contribution < -0.4 is 5.73 Å². The molecule has 0 aliphatic carbocycles. The normalized spacial score (nSPS) is 12.7. The van der Waals surface area contributed by atoms with Crippen molar-refractivity contribution in [1.29, 1.82) is 0 Å². The average Bonchev–Trinajstić information content (AvgIpc) is 2.78. The summed E-state index contributed by atoms with van der Waals surface area (Å²) in [6.45, 7) is 4.75. The standard InChI is InChI=1S/C15H18Cl2FN3/c1-3-13-15(17)14(21(4-2)20-13)8-12(19)9-5-6-11(18)10(16)7-9/h5-7,12H,3-4,8,19H2,1-2H3. The number of halogens is 3. The molecule has 0 aliphatic rings. The van der Waals surface area contributed by atoms with E-state index in [-0.39, 0.29) is 11.1 Å². The van der Waals surface area contributed by atoms with Gasteiger partial charge in [-0.3, -0.25) is 4.68 Å². The minimum absolute atomic E-state index is 0.0762. The van der Waals surface area contributed by atoms with Crippen LogP contribution in [0.5, 0.6) is 0 Å². The van der Waals surface area contributed by atoms with Crippen LogP contribution in [-0.4, -0.2) is 9.78 Å². The molecule has 2 N–H and O–H groups in total. The Kier molecular flexibility index (Phi) is 5.25. The second-order valence-electron chi connectivity index (χ2n) is 4.86. The van der Waals surface area contributed by atoms with Gasteiger partial charge in [0.15, 0.2) is 0 Å². The highest BCUT2D eigenvalue weighted by molar-refractivity contribution is 6.32. The van der Waals surface area contributed by atoms with Crippen molar-refractivity contribution in [2.45, 2.75) is 39.3 Å². The van der Waals surface area contributed by atoms with Gasteiger partial charge in [0.1, 0.15) is 5.82 Å². The van der Waals surface area contributed by atoms with Crippen LogP contribution in [0.1, 0.15) is 36.8 Å². The van der Waals surface area contributed by atoms with Crippen molar-refractivity contribution in [3.05, 3.63) is 51.0 Å². The molecule has 2 aromatic rings. The average molecular weight is 330 g/mol. The van der Waals surface area contributed by atoms with Crippen molar-refractivity contribution >= 4 is 23.2 Å². The van der Waals surface area contributed by atoms with Crippen molar-refractivity contribution in [3.63, 3.8) is 0 Å². The summed E-state index contributed by atoms with van der Waals surface area (Å²) in [7, 11) is 0. The number of benzene rings is 1.